The van der Waals surface area contributed by atoms with Gasteiger partial charge in [-0.1, -0.05) is 6.07 Å². The number of nitro benzene ring substituents is 2. The van der Waals surface area contributed by atoms with Gasteiger partial charge in [0.2, 0.25) is 0 Å². The van der Waals surface area contributed by atoms with Crippen LogP contribution >= 0.6 is 0 Å². The number of hydrogen-bond donors (Lipinski definition) is 1. The van der Waals surface area contributed by atoms with E-state index in [2.05, 4.69) is 10.3 Å². The highest BCUT2D eigenvalue weighted by atomic mass is 16.6. The molecule has 0 aliphatic rings. The van der Waals surface area contributed by atoms with Crippen molar-refractivity contribution < 1.29 is 14.6 Å². The average Bonchev–Trinajstić information content (AvgIpc) is 3.03. The molecule has 0 spiro atoms. The lowest BCUT2D eigenvalue weighted by Gasteiger charge is -2.03. The molecular weight excluding hydrogens is 342 g/mol. The van der Waals surface area contributed by atoms with Crippen molar-refractivity contribution in [1.82, 2.24) is 14.7 Å². The molecule has 1 aromatic carbocycles. The van der Waals surface area contributed by atoms with Gasteiger partial charge in [-0.25, -0.2) is 4.98 Å². The van der Waals surface area contributed by atoms with E-state index in [9.17, 15) is 25.0 Å². The molecule has 0 atom stereocenters. The summed E-state index contributed by atoms with van der Waals surface area (Å²) in [6.07, 6.45) is 1.76. The molecule has 2 aromatic heterocycles. The van der Waals surface area contributed by atoms with Gasteiger partial charge in [0.1, 0.15) is 5.65 Å². The van der Waals surface area contributed by atoms with Crippen molar-refractivity contribution in [3.63, 3.8) is 0 Å². The lowest BCUT2D eigenvalue weighted by Crippen LogP contribution is -2.23. The Hall–Kier alpha value is -3.82. The number of non-ortho nitro benzene ring substituents is 2. The van der Waals surface area contributed by atoms with Crippen molar-refractivity contribution in [2.45, 2.75) is 13.5 Å². The van der Waals surface area contributed by atoms with E-state index < -0.39 is 27.1 Å². The third kappa shape index (κ3) is 3.34. The number of amides is 1. The molecule has 0 unspecified atom stereocenters. The molecule has 0 aliphatic heterocycles. The molecular formula is C16H13N5O5. The first-order valence-corrected chi connectivity index (χ1v) is 7.51. The highest BCUT2D eigenvalue weighted by molar-refractivity contribution is 5.95. The van der Waals surface area contributed by atoms with Gasteiger partial charge in [-0.2, -0.15) is 0 Å². The molecule has 3 rings (SSSR count). The fraction of sp³-hybridized carbons (Fsp3) is 0.125. The maximum Gasteiger partial charge on any atom is 0.277 e. The first kappa shape index (κ1) is 17.0. The second kappa shape index (κ2) is 6.59. The van der Waals surface area contributed by atoms with Gasteiger partial charge < -0.3 is 9.72 Å². The summed E-state index contributed by atoms with van der Waals surface area (Å²) in [5, 5.41) is 24.4. The number of fused-ring (bicyclic) bond motifs is 1. The van der Waals surface area contributed by atoms with E-state index in [4.69, 9.17) is 0 Å². The Balaban J connectivity index is 1.82. The molecule has 2 heterocycles. The molecule has 10 heteroatoms. The lowest BCUT2D eigenvalue weighted by molar-refractivity contribution is -0.394. The van der Waals surface area contributed by atoms with E-state index in [0.29, 0.717) is 5.69 Å². The van der Waals surface area contributed by atoms with Gasteiger partial charge in [0.05, 0.1) is 33.7 Å². The first-order chi connectivity index (χ1) is 12.3. The van der Waals surface area contributed by atoms with Gasteiger partial charge in [-0.3, -0.25) is 25.0 Å². The van der Waals surface area contributed by atoms with E-state index in [1.807, 2.05) is 29.5 Å². The zero-order chi connectivity index (χ0) is 18.8. The molecule has 0 radical (unpaired) electrons. The third-order valence-corrected chi connectivity index (χ3v) is 3.76. The number of nitrogens with one attached hydrogen (secondary N) is 1. The van der Waals surface area contributed by atoms with Crippen LogP contribution in [0.15, 0.2) is 42.6 Å². The summed E-state index contributed by atoms with van der Waals surface area (Å²) in [4.78, 5) is 36.9. The van der Waals surface area contributed by atoms with E-state index in [-0.39, 0.29) is 12.1 Å². The Kier molecular flexibility index (Phi) is 4.31. The van der Waals surface area contributed by atoms with Crippen LogP contribution in [0.1, 0.15) is 21.7 Å². The van der Waals surface area contributed by atoms with Gasteiger partial charge in [0.15, 0.2) is 0 Å². The summed E-state index contributed by atoms with van der Waals surface area (Å²) < 4.78 is 1.86. The SMILES string of the molecule is Cc1cccc2nc(CNC(=O)c3cc([N+](=O)[O-])cc([N+](=O)[O-])c3)cn12. The topological polar surface area (TPSA) is 133 Å². The average molecular weight is 355 g/mol. The van der Waals surface area contributed by atoms with Crippen LogP contribution in [0.4, 0.5) is 11.4 Å². The summed E-state index contributed by atoms with van der Waals surface area (Å²) in [5.41, 5.74) is 1.08. The molecule has 132 valence electrons. The molecule has 0 aliphatic carbocycles. The Bertz CT molecular complexity index is 1010. The highest BCUT2D eigenvalue weighted by Crippen LogP contribution is 2.22. The second-order valence-corrected chi connectivity index (χ2v) is 5.56. The second-order valence-electron chi connectivity index (χ2n) is 5.56. The van der Waals surface area contributed by atoms with Crippen LogP contribution in [-0.4, -0.2) is 25.1 Å². The molecule has 0 fully saturated rings. The van der Waals surface area contributed by atoms with Crippen molar-refractivity contribution in [2.75, 3.05) is 0 Å². The minimum Gasteiger partial charge on any atom is -0.346 e. The van der Waals surface area contributed by atoms with Crippen LogP contribution in [0, 0.1) is 27.2 Å². The maximum atomic E-state index is 12.3. The number of carbonyl (C=O) groups is 1. The molecule has 0 saturated carbocycles. The summed E-state index contributed by atoms with van der Waals surface area (Å²) in [6.45, 7) is 2.00. The van der Waals surface area contributed by atoms with Crippen LogP contribution in [0.5, 0.6) is 0 Å². The minimum atomic E-state index is -0.783. The van der Waals surface area contributed by atoms with Crippen molar-refractivity contribution in [2.24, 2.45) is 0 Å². The zero-order valence-electron chi connectivity index (χ0n) is 13.6. The molecule has 0 bridgehead atoms. The predicted octanol–water partition coefficient (Wildman–Crippen LogP) is 2.39. The lowest BCUT2D eigenvalue weighted by atomic mass is 10.1. The van der Waals surface area contributed by atoms with Gasteiger partial charge in [-0.05, 0) is 19.1 Å². The minimum absolute atomic E-state index is 0.0798. The quantitative estimate of drug-likeness (QED) is 0.552. The van der Waals surface area contributed by atoms with Gasteiger partial charge >= 0.3 is 0 Å². The van der Waals surface area contributed by atoms with Gasteiger partial charge in [0.25, 0.3) is 17.3 Å². The Morgan fingerprint density at radius 2 is 1.81 bits per heavy atom. The zero-order valence-corrected chi connectivity index (χ0v) is 13.6. The van der Waals surface area contributed by atoms with Crippen molar-refractivity contribution in [1.29, 1.82) is 0 Å². The summed E-state index contributed by atoms with van der Waals surface area (Å²) in [5.74, 6) is -0.662. The maximum absolute atomic E-state index is 12.3. The third-order valence-electron chi connectivity index (χ3n) is 3.76. The molecule has 1 amide bonds. The number of hydrogen-bond acceptors (Lipinski definition) is 6. The number of benzene rings is 1. The Morgan fingerprint density at radius 1 is 1.15 bits per heavy atom. The monoisotopic (exact) mass is 355 g/mol. The Labute approximate surface area is 146 Å². The Morgan fingerprint density at radius 3 is 2.38 bits per heavy atom. The van der Waals surface area contributed by atoms with Crippen molar-refractivity contribution >= 4 is 22.9 Å². The number of imidazole rings is 1. The number of nitrogens with zero attached hydrogens (tertiary/aromatic N) is 4. The van der Waals surface area contributed by atoms with Gasteiger partial charge in [-0.15, -0.1) is 0 Å². The van der Waals surface area contributed by atoms with E-state index >= 15 is 0 Å². The summed E-state index contributed by atoms with van der Waals surface area (Å²) >= 11 is 0. The fourth-order valence-electron chi connectivity index (χ4n) is 2.49. The number of rotatable bonds is 5. The first-order valence-electron chi connectivity index (χ1n) is 7.51. The smallest absolute Gasteiger partial charge is 0.277 e. The van der Waals surface area contributed by atoms with Crippen LogP contribution < -0.4 is 5.32 Å². The number of aromatic nitrogens is 2. The van der Waals surface area contributed by atoms with Crippen LogP contribution in [-0.2, 0) is 6.54 Å². The fourth-order valence-corrected chi connectivity index (χ4v) is 2.49. The largest absolute Gasteiger partial charge is 0.346 e. The van der Waals surface area contributed by atoms with E-state index in [1.54, 1.807) is 6.20 Å². The summed E-state index contributed by atoms with van der Waals surface area (Å²) in [6, 6.07) is 8.40. The summed E-state index contributed by atoms with van der Waals surface area (Å²) in [7, 11) is 0. The van der Waals surface area contributed by atoms with E-state index in [1.165, 1.54) is 0 Å². The molecule has 10 nitrogen and oxygen atoms in total. The van der Waals surface area contributed by atoms with Gasteiger partial charge in [0, 0.05) is 24.0 Å². The highest BCUT2D eigenvalue weighted by Gasteiger charge is 2.20. The van der Waals surface area contributed by atoms with Crippen LogP contribution in [0.2, 0.25) is 0 Å². The predicted molar refractivity (Wildman–Crippen MR) is 90.9 cm³/mol. The molecule has 3 aromatic rings. The number of aryl methyl sites for hydroxylation is 1. The number of pyridine rings is 1. The number of carbonyl (C=O) groups excluding carboxylic acids is 1. The van der Waals surface area contributed by atoms with Crippen LogP contribution in [0.25, 0.3) is 5.65 Å². The molecule has 0 saturated heterocycles. The van der Waals surface area contributed by atoms with Crippen LogP contribution in [0.3, 0.4) is 0 Å². The molecule has 1 N–H and O–H groups in total. The van der Waals surface area contributed by atoms with Crippen molar-refractivity contribution in [3.05, 3.63) is 79.8 Å². The normalized spacial score (nSPS) is 10.7. The van der Waals surface area contributed by atoms with E-state index in [0.717, 1.165) is 29.5 Å². The molecule has 26 heavy (non-hydrogen) atoms. The van der Waals surface area contributed by atoms with Crippen molar-refractivity contribution in [3.8, 4) is 0 Å². The number of nitro groups is 2. The standard InChI is InChI=1S/C16H13N5O5/c1-10-3-2-4-15-18-12(9-19(10)15)8-17-16(22)11-5-13(20(23)24)7-14(6-11)21(25)26/h2-7,9H,8H2,1H3,(H,17,22).